The third-order valence-electron chi connectivity index (χ3n) is 10.0. The molecule has 0 N–H and O–H groups in total. The molecule has 2 bridgehead atoms. The van der Waals surface area contributed by atoms with E-state index >= 15 is 0 Å². The molecule has 0 heterocycles. The first kappa shape index (κ1) is 25.0. The van der Waals surface area contributed by atoms with Crippen molar-refractivity contribution < 1.29 is 19.0 Å². The first-order valence-corrected chi connectivity index (χ1v) is 15.9. The minimum absolute atomic E-state index is 0.0556. The normalized spacial score (nSPS) is 28.4. The molecule has 41 heavy (non-hydrogen) atoms. The molecule has 2 unspecified atom stereocenters. The lowest BCUT2D eigenvalue weighted by atomic mass is 9.38. The SMILES string of the molecule is O=C(COc1ccc(Oc2ccc([S+](c3ccccc3)c3ccccc3)cc2)cc1)OC12CC3CC4CC(C1)C43C2. The van der Waals surface area contributed by atoms with E-state index in [0.29, 0.717) is 16.9 Å². The van der Waals surface area contributed by atoms with Crippen molar-refractivity contribution in [2.24, 2.45) is 23.2 Å². The van der Waals surface area contributed by atoms with Gasteiger partial charge in [0.15, 0.2) is 21.3 Å². The summed E-state index contributed by atoms with van der Waals surface area (Å²) in [4.78, 5) is 16.5. The molecule has 0 amide bonds. The molecular weight excluding hydrogens is 528 g/mol. The van der Waals surface area contributed by atoms with Gasteiger partial charge >= 0.3 is 5.97 Å². The molecule has 1 spiro atoms. The average molecular weight is 562 g/mol. The van der Waals surface area contributed by atoms with E-state index in [1.807, 2.05) is 36.4 Å². The van der Waals surface area contributed by atoms with Gasteiger partial charge < -0.3 is 14.2 Å². The van der Waals surface area contributed by atoms with Gasteiger partial charge in [-0.2, -0.15) is 0 Å². The van der Waals surface area contributed by atoms with Crippen molar-refractivity contribution in [1.82, 2.24) is 0 Å². The molecule has 8 rings (SSSR count). The van der Waals surface area contributed by atoms with E-state index in [0.717, 1.165) is 42.8 Å². The third-order valence-corrected chi connectivity index (χ3v) is 12.3. The number of hydrogen-bond acceptors (Lipinski definition) is 4. The minimum Gasteiger partial charge on any atom is -0.482 e. The summed E-state index contributed by atoms with van der Waals surface area (Å²) >= 11 is 0. The van der Waals surface area contributed by atoms with Crippen LogP contribution in [0.15, 0.2) is 124 Å². The standard InChI is InChI=1S/C36H33O4S/c37-34(40-35-21-26-19-25-20-27(22-35)36(25,26)24-35)23-38-28-11-13-29(14-12-28)39-30-15-17-33(18-16-30)41(31-7-3-1-4-8-31)32-9-5-2-6-10-32/h1-18,25-27H,19-24H2/q+1. The van der Waals surface area contributed by atoms with Gasteiger partial charge in [0.25, 0.3) is 0 Å². The predicted octanol–water partition coefficient (Wildman–Crippen LogP) is 8.08. The summed E-state index contributed by atoms with van der Waals surface area (Å²) in [5, 5.41) is 0. The summed E-state index contributed by atoms with van der Waals surface area (Å²) in [6.07, 6.45) is 5.94. The monoisotopic (exact) mass is 561 g/mol. The van der Waals surface area contributed by atoms with Gasteiger partial charge in [-0.15, -0.1) is 0 Å². The van der Waals surface area contributed by atoms with E-state index in [9.17, 15) is 4.79 Å². The molecule has 2 atom stereocenters. The van der Waals surface area contributed by atoms with E-state index in [-0.39, 0.29) is 29.1 Å². The Morgan fingerprint density at radius 2 is 1.17 bits per heavy atom. The van der Waals surface area contributed by atoms with Gasteiger partial charge in [0.2, 0.25) is 0 Å². The molecule has 0 aliphatic heterocycles. The van der Waals surface area contributed by atoms with Crippen LogP contribution in [0.5, 0.6) is 17.2 Å². The summed E-state index contributed by atoms with van der Waals surface area (Å²) in [5.41, 5.74) is 0.333. The Kier molecular flexibility index (Phi) is 5.92. The molecule has 4 aromatic rings. The Morgan fingerprint density at radius 3 is 1.71 bits per heavy atom. The smallest absolute Gasteiger partial charge is 0.344 e. The Hall–Kier alpha value is -3.70. The first-order valence-electron chi connectivity index (χ1n) is 14.7. The average Bonchev–Trinajstić information content (AvgIpc) is 3.46. The first-order chi connectivity index (χ1) is 20.1. The number of fused-ring (bicyclic) bond motifs is 1. The second kappa shape index (κ2) is 9.70. The molecule has 4 aliphatic carbocycles. The molecular formula is C36H33O4S+. The van der Waals surface area contributed by atoms with Gasteiger partial charge in [-0.05, 0) is 128 Å². The number of ether oxygens (including phenoxy) is 3. The zero-order valence-electron chi connectivity index (χ0n) is 22.9. The van der Waals surface area contributed by atoms with Crippen molar-refractivity contribution in [2.75, 3.05) is 6.61 Å². The van der Waals surface area contributed by atoms with E-state index in [1.54, 1.807) is 0 Å². The maximum absolute atomic E-state index is 12.7. The Bertz CT molecular complexity index is 1500. The molecule has 0 radical (unpaired) electrons. The van der Waals surface area contributed by atoms with Crippen molar-refractivity contribution in [2.45, 2.75) is 52.4 Å². The van der Waals surface area contributed by atoms with Gasteiger partial charge in [-0.3, -0.25) is 0 Å². The van der Waals surface area contributed by atoms with Gasteiger partial charge in [-0.25, -0.2) is 4.79 Å². The molecule has 206 valence electrons. The zero-order valence-corrected chi connectivity index (χ0v) is 23.7. The van der Waals surface area contributed by atoms with Crippen LogP contribution in [0.4, 0.5) is 0 Å². The summed E-state index contributed by atoms with van der Waals surface area (Å²) < 4.78 is 18.0. The molecule has 5 heteroatoms. The predicted molar refractivity (Wildman–Crippen MR) is 158 cm³/mol. The van der Waals surface area contributed by atoms with Crippen LogP contribution in [-0.4, -0.2) is 18.2 Å². The highest BCUT2D eigenvalue weighted by molar-refractivity contribution is 7.97. The van der Waals surface area contributed by atoms with Crippen LogP contribution < -0.4 is 9.47 Å². The fraction of sp³-hybridized carbons (Fsp3) is 0.306. The van der Waals surface area contributed by atoms with Crippen LogP contribution in [0.25, 0.3) is 0 Å². The maximum Gasteiger partial charge on any atom is 0.344 e. The van der Waals surface area contributed by atoms with Crippen molar-refractivity contribution in [3.63, 3.8) is 0 Å². The molecule has 4 fully saturated rings. The maximum atomic E-state index is 12.7. The lowest BCUT2D eigenvalue weighted by Crippen LogP contribution is -2.59. The van der Waals surface area contributed by atoms with Crippen molar-refractivity contribution in [1.29, 1.82) is 0 Å². The van der Waals surface area contributed by atoms with Crippen LogP contribution in [0, 0.1) is 23.2 Å². The number of carbonyl (C=O) groups is 1. The van der Waals surface area contributed by atoms with E-state index in [4.69, 9.17) is 14.2 Å². The highest BCUT2D eigenvalue weighted by atomic mass is 32.2. The second-order valence-corrected chi connectivity index (χ2v) is 14.2. The Morgan fingerprint density at radius 1 is 0.659 bits per heavy atom. The molecule has 4 nitrogen and oxygen atoms in total. The number of esters is 1. The van der Waals surface area contributed by atoms with E-state index in [1.165, 1.54) is 27.5 Å². The van der Waals surface area contributed by atoms with Crippen molar-refractivity contribution in [3.8, 4) is 17.2 Å². The summed E-state index contributed by atoms with van der Waals surface area (Å²) in [7, 11) is -0.192. The number of carbonyl (C=O) groups excluding carboxylic acids is 1. The van der Waals surface area contributed by atoms with Crippen LogP contribution in [0.3, 0.4) is 0 Å². The van der Waals surface area contributed by atoms with Gasteiger partial charge in [0.1, 0.15) is 22.8 Å². The quantitative estimate of drug-likeness (QED) is 0.153. The summed E-state index contributed by atoms with van der Waals surface area (Å²) in [5.74, 6) is 4.39. The lowest BCUT2D eigenvalue weighted by Gasteiger charge is -2.66. The minimum atomic E-state index is -0.244. The second-order valence-electron chi connectivity index (χ2n) is 12.2. The lowest BCUT2D eigenvalue weighted by molar-refractivity contribution is -0.186. The summed E-state index contributed by atoms with van der Waals surface area (Å²) in [6.45, 7) is -0.0556. The number of benzene rings is 4. The largest absolute Gasteiger partial charge is 0.482 e. The van der Waals surface area contributed by atoms with Crippen LogP contribution in [-0.2, 0) is 20.4 Å². The fourth-order valence-corrected chi connectivity index (χ4v) is 10.5. The van der Waals surface area contributed by atoms with Gasteiger partial charge in [0, 0.05) is 0 Å². The molecule has 0 saturated heterocycles. The van der Waals surface area contributed by atoms with Crippen molar-refractivity contribution >= 4 is 16.9 Å². The van der Waals surface area contributed by atoms with Crippen LogP contribution in [0.2, 0.25) is 0 Å². The van der Waals surface area contributed by atoms with Crippen molar-refractivity contribution in [3.05, 3.63) is 109 Å². The topological polar surface area (TPSA) is 44.8 Å². The Balaban J connectivity index is 0.883. The molecule has 4 aliphatic rings. The molecule has 4 saturated carbocycles. The van der Waals surface area contributed by atoms with Gasteiger partial charge in [-0.1, -0.05) is 36.4 Å². The molecule has 0 aromatic heterocycles. The third kappa shape index (κ3) is 4.25. The van der Waals surface area contributed by atoms with Gasteiger partial charge in [0.05, 0.1) is 10.9 Å². The number of rotatable bonds is 9. The number of hydrogen-bond donors (Lipinski definition) is 0. The Labute approximate surface area is 244 Å². The summed E-state index contributed by atoms with van der Waals surface area (Å²) in [6, 6.07) is 37.0. The fourth-order valence-electron chi connectivity index (χ4n) is 8.44. The van der Waals surface area contributed by atoms with E-state index in [2.05, 4.69) is 72.8 Å². The highest BCUT2D eigenvalue weighted by Gasteiger charge is 2.78. The van der Waals surface area contributed by atoms with Crippen LogP contribution >= 0.6 is 0 Å². The van der Waals surface area contributed by atoms with Crippen LogP contribution in [0.1, 0.15) is 32.1 Å². The molecule has 4 aromatic carbocycles. The van der Waals surface area contributed by atoms with E-state index < -0.39 is 0 Å². The highest BCUT2D eigenvalue weighted by Crippen LogP contribution is 2.82. The zero-order chi connectivity index (χ0) is 27.4.